The summed E-state index contributed by atoms with van der Waals surface area (Å²) in [6, 6.07) is -0.819. The van der Waals surface area contributed by atoms with Crippen LogP contribution >= 0.6 is 0 Å². The highest BCUT2D eigenvalue weighted by Gasteiger charge is 2.34. The van der Waals surface area contributed by atoms with Gasteiger partial charge in [-0.2, -0.15) is 0 Å². The number of nitrogens with zero attached hydrogens (tertiary/aromatic N) is 1. The summed E-state index contributed by atoms with van der Waals surface area (Å²) in [4.78, 5) is 24.4. The van der Waals surface area contributed by atoms with Crippen LogP contribution in [0.25, 0.3) is 0 Å². The number of carbonyl (C=O) groups is 2. The number of carboxylic acid groups (broad SMARTS) is 1. The van der Waals surface area contributed by atoms with Crippen LogP contribution in [0, 0.1) is 5.92 Å². The second-order valence-electron chi connectivity index (χ2n) is 4.15. The Balaban J connectivity index is 2.67. The average Bonchev–Trinajstić information content (AvgIpc) is 2.28. The van der Waals surface area contributed by atoms with Gasteiger partial charge in [0.15, 0.2) is 6.04 Å². The Kier molecular flexibility index (Phi) is 4.73. The van der Waals surface area contributed by atoms with Crippen molar-refractivity contribution in [1.82, 2.24) is 4.90 Å². The van der Waals surface area contributed by atoms with Crippen molar-refractivity contribution in [2.45, 2.75) is 32.7 Å². The van der Waals surface area contributed by atoms with E-state index >= 15 is 0 Å². The predicted molar refractivity (Wildman–Crippen MR) is 58.0 cm³/mol. The predicted octanol–water partition coefficient (Wildman–Crippen LogP) is 0.735. The summed E-state index contributed by atoms with van der Waals surface area (Å²) in [6.45, 7) is 4.76. The molecule has 0 aliphatic carbocycles. The first-order valence-corrected chi connectivity index (χ1v) is 5.69. The van der Waals surface area contributed by atoms with Crippen molar-refractivity contribution in [2.75, 3.05) is 19.8 Å². The van der Waals surface area contributed by atoms with Crippen LogP contribution in [0.3, 0.4) is 0 Å². The summed E-state index contributed by atoms with van der Waals surface area (Å²) in [5, 5.41) is 9.00. The first kappa shape index (κ1) is 13.0. The Hall–Kier alpha value is -1.10. The van der Waals surface area contributed by atoms with Gasteiger partial charge in [0.25, 0.3) is 0 Å². The summed E-state index contributed by atoms with van der Waals surface area (Å²) in [6.07, 6.45) is 1.72. The summed E-state index contributed by atoms with van der Waals surface area (Å²) in [5.74, 6) is -1.17. The third kappa shape index (κ3) is 2.95. The highest BCUT2D eigenvalue weighted by atomic mass is 16.5. The fraction of sp³-hybridized carbons (Fsp3) is 0.818. The number of ether oxygens (including phenoxy) is 1. The van der Waals surface area contributed by atoms with Gasteiger partial charge in [0.05, 0.1) is 13.2 Å². The minimum Gasteiger partial charge on any atom is -0.480 e. The molecular formula is C11H19NO4. The van der Waals surface area contributed by atoms with Crippen molar-refractivity contribution in [1.29, 1.82) is 0 Å². The van der Waals surface area contributed by atoms with Crippen molar-refractivity contribution >= 4 is 11.9 Å². The molecule has 1 aliphatic heterocycles. The van der Waals surface area contributed by atoms with Gasteiger partial charge in [-0.1, -0.05) is 20.3 Å². The topological polar surface area (TPSA) is 66.8 Å². The first-order valence-electron chi connectivity index (χ1n) is 5.69. The van der Waals surface area contributed by atoms with Crippen LogP contribution in [0.4, 0.5) is 0 Å². The minimum absolute atomic E-state index is 0.0717. The van der Waals surface area contributed by atoms with Gasteiger partial charge in [0.1, 0.15) is 0 Å². The number of aliphatic carboxylic acids is 1. The van der Waals surface area contributed by atoms with Gasteiger partial charge in [0, 0.05) is 12.5 Å². The van der Waals surface area contributed by atoms with Crippen LogP contribution < -0.4 is 0 Å². The molecule has 1 saturated heterocycles. The third-order valence-corrected chi connectivity index (χ3v) is 2.84. The molecule has 92 valence electrons. The van der Waals surface area contributed by atoms with Gasteiger partial charge in [-0.15, -0.1) is 0 Å². The number of hydrogen-bond acceptors (Lipinski definition) is 3. The van der Waals surface area contributed by atoms with Crippen LogP contribution in [0.1, 0.15) is 26.7 Å². The second-order valence-corrected chi connectivity index (χ2v) is 4.15. The molecule has 1 amide bonds. The third-order valence-electron chi connectivity index (χ3n) is 2.84. The summed E-state index contributed by atoms with van der Waals surface area (Å²) < 4.78 is 5.09. The lowest BCUT2D eigenvalue weighted by Crippen LogP contribution is -2.54. The fourth-order valence-electron chi connectivity index (χ4n) is 1.91. The Bertz CT molecular complexity index is 267. The van der Waals surface area contributed by atoms with Gasteiger partial charge in [-0.05, 0) is 6.42 Å². The molecule has 2 unspecified atom stereocenters. The Morgan fingerprint density at radius 1 is 1.56 bits per heavy atom. The van der Waals surface area contributed by atoms with Gasteiger partial charge in [-0.3, -0.25) is 4.79 Å². The van der Waals surface area contributed by atoms with E-state index in [0.29, 0.717) is 13.2 Å². The van der Waals surface area contributed by atoms with Gasteiger partial charge < -0.3 is 14.7 Å². The van der Waals surface area contributed by atoms with E-state index in [4.69, 9.17) is 9.84 Å². The number of amides is 1. The molecule has 1 rings (SSSR count). The second kappa shape index (κ2) is 5.84. The van der Waals surface area contributed by atoms with Crippen LogP contribution in [0.2, 0.25) is 0 Å². The lowest BCUT2D eigenvalue weighted by molar-refractivity contribution is -0.160. The lowest BCUT2D eigenvalue weighted by atomic mass is 10.0. The molecule has 1 N–H and O–H groups in total. The summed E-state index contributed by atoms with van der Waals surface area (Å²) in [5.41, 5.74) is 0. The van der Waals surface area contributed by atoms with E-state index in [9.17, 15) is 9.59 Å². The maximum atomic E-state index is 12.0. The number of morpholine rings is 1. The zero-order chi connectivity index (χ0) is 12.1. The monoisotopic (exact) mass is 229 g/mol. The molecule has 5 heteroatoms. The molecule has 0 aromatic carbocycles. The molecule has 0 saturated carbocycles. The van der Waals surface area contributed by atoms with Crippen molar-refractivity contribution in [3.63, 3.8) is 0 Å². The zero-order valence-electron chi connectivity index (χ0n) is 9.81. The molecule has 2 atom stereocenters. The zero-order valence-corrected chi connectivity index (χ0v) is 9.81. The largest absolute Gasteiger partial charge is 0.480 e. The van der Waals surface area contributed by atoms with Crippen LogP contribution in [-0.4, -0.2) is 47.7 Å². The van der Waals surface area contributed by atoms with Crippen LogP contribution in [0.15, 0.2) is 0 Å². The van der Waals surface area contributed by atoms with Gasteiger partial charge in [0.2, 0.25) is 5.91 Å². The molecule has 0 spiro atoms. The molecule has 5 nitrogen and oxygen atoms in total. The van der Waals surface area contributed by atoms with Crippen LogP contribution in [0.5, 0.6) is 0 Å². The molecule has 16 heavy (non-hydrogen) atoms. The standard InChI is InChI=1S/C11H19NO4/c1-3-4-8(2)10(13)12-5-6-16-7-9(12)11(14)15/h8-9H,3-7H2,1-2H3,(H,14,15). The molecule has 0 aromatic heterocycles. The Morgan fingerprint density at radius 2 is 2.25 bits per heavy atom. The Morgan fingerprint density at radius 3 is 2.81 bits per heavy atom. The number of carbonyl (C=O) groups excluding carboxylic acids is 1. The highest BCUT2D eigenvalue weighted by Crippen LogP contribution is 2.15. The molecule has 0 bridgehead atoms. The maximum absolute atomic E-state index is 12.0. The first-order chi connectivity index (χ1) is 7.57. The molecule has 1 heterocycles. The molecule has 0 radical (unpaired) electrons. The lowest BCUT2D eigenvalue weighted by Gasteiger charge is -2.34. The quantitative estimate of drug-likeness (QED) is 0.772. The smallest absolute Gasteiger partial charge is 0.328 e. The normalized spacial score (nSPS) is 22.9. The van der Waals surface area contributed by atoms with E-state index in [0.717, 1.165) is 12.8 Å². The highest BCUT2D eigenvalue weighted by molar-refractivity contribution is 5.85. The van der Waals surface area contributed by atoms with Gasteiger partial charge >= 0.3 is 5.97 Å². The SMILES string of the molecule is CCCC(C)C(=O)N1CCOCC1C(=O)O. The molecule has 1 aliphatic rings. The van der Waals surface area contributed by atoms with E-state index < -0.39 is 12.0 Å². The van der Waals surface area contributed by atoms with E-state index in [1.54, 1.807) is 0 Å². The van der Waals surface area contributed by atoms with Crippen molar-refractivity contribution in [2.24, 2.45) is 5.92 Å². The fourth-order valence-corrected chi connectivity index (χ4v) is 1.91. The van der Waals surface area contributed by atoms with E-state index in [-0.39, 0.29) is 18.4 Å². The van der Waals surface area contributed by atoms with E-state index in [2.05, 4.69) is 0 Å². The van der Waals surface area contributed by atoms with Crippen molar-refractivity contribution in [3.05, 3.63) is 0 Å². The molecule has 0 aromatic rings. The van der Waals surface area contributed by atoms with Crippen LogP contribution in [-0.2, 0) is 14.3 Å². The van der Waals surface area contributed by atoms with Gasteiger partial charge in [-0.25, -0.2) is 4.79 Å². The maximum Gasteiger partial charge on any atom is 0.328 e. The Labute approximate surface area is 95.4 Å². The molecule has 1 fully saturated rings. The van der Waals surface area contributed by atoms with Crippen molar-refractivity contribution < 1.29 is 19.4 Å². The molecular weight excluding hydrogens is 210 g/mol. The summed E-state index contributed by atoms with van der Waals surface area (Å²) >= 11 is 0. The number of hydrogen-bond donors (Lipinski definition) is 1. The average molecular weight is 229 g/mol. The summed E-state index contributed by atoms with van der Waals surface area (Å²) in [7, 11) is 0. The number of carboxylic acids is 1. The van der Waals surface area contributed by atoms with E-state index in [1.165, 1.54) is 4.90 Å². The number of rotatable bonds is 4. The van der Waals surface area contributed by atoms with E-state index in [1.807, 2.05) is 13.8 Å². The minimum atomic E-state index is -0.989. The van der Waals surface area contributed by atoms with Crippen molar-refractivity contribution in [3.8, 4) is 0 Å².